The van der Waals surface area contributed by atoms with E-state index in [0.717, 1.165) is 24.4 Å². The molecule has 0 fully saturated rings. The van der Waals surface area contributed by atoms with Crippen LogP contribution in [0.4, 0.5) is 5.69 Å². The number of anilines is 1. The number of rotatable bonds is 6. The molecule has 2 aromatic rings. The number of ether oxygens (including phenoxy) is 1. The van der Waals surface area contributed by atoms with Gasteiger partial charge in [-0.25, -0.2) is 4.98 Å². The molecule has 1 heterocycles. The fraction of sp³-hybridized carbons (Fsp3) is 0.400. The zero-order chi connectivity index (χ0) is 13.7. The fourth-order valence-electron chi connectivity index (χ4n) is 1.87. The summed E-state index contributed by atoms with van der Waals surface area (Å²) >= 11 is 1.77. The number of nitrogens with zero attached hydrogens (tertiary/aromatic N) is 1. The van der Waals surface area contributed by atoms with Crippen LogP contribution in [0, 0.1) is 6.92 Å². The summed E-state index contributed by atoms with van der Waals surface area (Å²) < 4.78 is 5.49. The number of nitrogens with one attached hydrogen (secondary N) is 1. The van der Waals surface area contributed by atoms with Crippen molar-refractivity contribution in [2.45, 2.75) is 33.7 Å². The molecular formula is C15H20N2OS. The van der Waals surface area contributed by atoms with Crippen LogP contribution in [-0.4, -0.2) is 11.6 Å². The molecule has 0 aliphatic heterocycles. The van der Waals surface area contributed by atoms with Gasteiger partial charge >= 0.3 is 0 Å². The SMILES string of the molecule is CCOc1ccc(NCc2cnc(CC)s2)c(C)c1. The van der Waals surface area contributed by atoms with Gasteiger partial charge in [-0.2, -0.15) is 0 Å². The minimum atomic E-state index is 0.701. The van der Waals surface area contributed by atoms with Gasteiger partial charge in [-0.3, -0.25) is 0 Å². The fourth-order valence-corrected chi connectivity index (χ4v) is 2.67. The van der Waals surface area contributed by atoms with Crippen LogP contribution in [0.15, 0.2) is 24.4 Å². The minimum Gasteiger partial charge on any atom is -0.494 e. The highest BCUT2D eigenvalue weighted by molar-refractivity contribution is 7.11. The molecule has 0 atom stereocenters. The summed E-state index contributed by atoms with van der Waals surface area (Å²) in [6, 6.07) is 6.14. The Hall–Kier alpha value is -1.55. The third kappa shape index (κ3) is 3.70. The number of thiazole rings is 1. The lowest BCUT2D eigenvalue weighted by Crippen LogP contribution is -2.00. The van der Waals surface area contributed by atoms with Crippen molar-refractivity contribution in [2.75, 3.05) is 11.9 Å². The number of benzene rings is 1. The second-order valence-electron chi connectivity index (χ2n) is 4.34. The van der Waals surface area contributed by atoms with Crippen LogP contribution in [0.25, 0.3) is 0 Å². The van der Waals surface area contributed by atoms with Crippen molar-refractivity contribution in [1.29, 1.82) is 0 Å². The van der Waals surface area contributed by atoms with Crippen molar-refractivity contribution in [3.8, 4) is 5.75 Å². The number of aromatic nitrogens is 1. The molecule has 0 saturated carbocycles. The van der Waals surface area contributed by atoms with Gasteiger partial charge < -0.3 is 10.1 Å². The van der Waals surface area contributed by atoms with E-state index in [1.165, 1.54) is 15.4 Å². The van der Waals surface area contributed by atoms with E-state index in [9.17, 15) is 0 Å². The van der Waals surface area contributed by atoms with E-state index in [-0.39, 0.29) is 0 Å². The smallest absolute Gasteiger partial charge is 0.119 e. The molecule has 0 unspecified atom stereocenters. The van der Waals surface area contributed by atoms with E-state index in [2.05, 4.69) is 36.3 Å². The molecule has 102 valence electrons. The van der Waals surface area contributed by atoms with Gasteiger partial charge in [-0.15, -0.1) is 11.3 Å². The van der Waals surface area contributed by atoms with Crippen molar-refractivity contribution >= 4 is 17.0 Å². The summed E-state index contributed by atoms with van der Waals surface area (Å²) in [7, 11) is 0. The van der Waals surface area contributed by atoms with Crippen molar-refractivity contribution in [3.05, 3.63) is 39.8 Å². The first-order valence-electron chi connectivity index (χ1n) is 6.63. The maximum Gasteiger partial charge on any atom is 0.119 e. The highest BCUT2D eigenvalue weighted by atomic mass is 32.1. The Labute approximate surface area is 118 Å². The molecule has 19 heavy (non-hydrogen) atoms. The summed E-state index contributed by atoms with van der Waals surface area (Å²) in [6.45, 7) is 7.75. The van der Waals surface area contributed by atoms with Crippen molar-refractivity contribution < 1.29 is 4.74 Å². The normalized spacial score (nSPS) is 10.5. The molecule has 3 nitrogen and oxygen atoms in total. The molecule has 2 rings (SSSR count). The van der Waals surface area contributed by atoms with Crippen molar-refractivity contribution in [3.63, 3.8) is 0 Å². The molecule has 0 aliphatic carbocycles. The number of hydrogen-bond acceptors (Lipinski definition) is 4. The van der Waals surface area contributed by atoms with Crippen LogP contribution in [0.2, 0.25) is 0 Å². The van der Waals surface area contributed by atoms with Crippen molar-refractivity contribution in [2.24, 2.45) is 0 Å². The number of hydrogen-bond donors (Lipinski definition) is 1. The van der Waals surface area contributed by atoms with Crippen LogP contribution in [0.1, 0.15) is 29.3 Å². The zero-order valence-corrected chi connectivity index (χ0v) is 12.5. The summed E-state index contributed by atoms with van der Waals surface area (Å²) in [5, 5.41) is 4.65. The third-order valence-corrected chi connectivity index (χ3v) is 4.01. The predicted molar refractivity (Wildman–Crippen MR) is 81.2 cm³/mol. The first-order chi connectivity index (χ1) is 9.22. The molecule has 1 N–H and O–H groups in total. The average Bonchev–Trinajstić information content (AvgIpc) is 2.86. The van der Waals surface area contributed by atoms with Gasteiger partial charge in [0.2, 0.25) is 0 Å². The maximum atomic E-state index is 5.49. The summed E-state index contributed by atoms with van der Waals surface area (Å²) in [5.74, 6) is 0.927. The monoisotopic (exact) mass is 276 g/mol. The Morgan fingerprint density at radius 2 is 2.16 bits per heavy atom. The van der Waals surface area contributed by atoms with E-state index in [1.807, 2.05) is 19.2 Å². The quantitative estimate of drug-likeness (QED) is 0.865. The molecular weight excluding hydrogens is 256 g/mol. The zero-order valence-electron chi connectivity index (χ0n) is 11.7. The Morgan fingerprint density at radius 3 is 2.79 bits per heavy atom. The van der Waals surface area contributed by atoms with Crippen molar-refractivity contribution in [1.82, 2.24) is 4.98 Å². The van der Waals surface area contributed by atoms with E-state index in [0.29, 0.717) is 6.61 Å². The van der Waals surface area contributed by atoms with Gasteiger partial charge in [0.1, 0.15) is 5.75 Å². The largest absolute Gasteiger partial charge is 0.494 e. The lowest BCUT2D eigenvalue weighted by Gasteiger charge is -2.10. The minimum absolute atomic E-state index is 0.701. The molecule has 0 saturated heterocycles. The molecule has 4 heteroatoms. The summed E-state index contributed by atoms with van der Waals surface area (Å²) in [4.78, 5) is 5.64. The Balaban J connectivity index is 1.99. The molecule has 0 bridgehead atoms. The van der Waals surface area contributed by atoms with Crippen LogP contribution >= 0.6 is 11.3 Å². The topological polar surface area (TPSA) is 34.1 Å². The third-order valence-electron chi connectivity index (χ3n) is 2.87. The van der Waals surface area contributed by atoms with E-state index in [4.69, 9.17) is 4.74 Å². The molecule has 0 amide bonds. The highest BCUT2D eigenvalue weighted by Gasteiger charge is 2.03. The van der Waals surface area contributed by atoms with Gasteiger partial charge in [0.25, 0.3) is 0 Å². The molecule has 0 spiro atoms. The second-order valence-corrected chi connectivity index (χ2v) is 5.54. The molecule has 0 aliphatic rings. The standard InChI is InChI=1S/C15H20N2OS/c1-4-15-17-10-13(19-15)9-16-14-7-6-12(18-5-2)8-11(14)3/h6-8,10,16H,4-5,9H2,1-3H3. The predicted octanol–water partition coefficient (Wildman–Crippen LogP) is 4.02. The van der Waals surface area contributed by atoms with E-state index in [1.54, 1.807) is 11.3 Å². The Bertz CT molecular complexity index is 537. The van der Waals surface area contributed by atoms with Gasteiger partial charge in [0.15, 0.2) is 0 Å². The average molecular weight is 276 g/mol. The van der Waals surface area contributed by atoms with Crippen LogP contribution in [0.5, 0.6) is 5.75 Å². The van der Waals surface area contributed by atoms with Gasteiger partial charge in [-0.05, 0) is 44.0 Å². The van der Waals surface area contributed by atoms with Crippen LogP contribution < -0.4 is 10.1 Å². The first-order valence-corrected chi connectivity index (χ1v) is 7.45. The first kappa shape index (κ1) is 13.9. The summed E-state index contributed by atoms with van der Waals surface area (Å²) in [6.07, 6.45) is 2.97. The van der Waals surface area contributed by atoms with Gasteiger partial charge in [-0.1, -0.05) is 6.92 Å². The van der Waals surface area contributed by atoms with Crippen LogP contribution in [0.3, 0.4) is 0 Å². The van der Waals surface area contributed by atoms with E-state index < -0.39 is 0 Å². The maximum absolute atomic E-state index is 5.49. The Kier molecular flexibility index (Phi) is 4.80. The van der Waals surface area contributed by atoms with E-state index >= 15 is 0 Å². The molecule has 0 radical (unpaired) electrons. The van der Waals surface area contributed by atoms with Gasteiger partial charge in [0.05, 0.1) is 18.2 Å². The highest BCUT2D eigenvalue weighted by Crippen LogP contribution is 2.23. The molecule has 1 aromatic heterocycles. The molecule has 1 aromatic carbocycles. The summed E-state index contributed by atoms with van der Waals surface area (Å²) in [5.41, 5.74) is 2.35. The second kappa shape index (κ2) is 6.57. The van der Waals surface area contributed by atoms with Gasteiger partial charge in [0, 0.05) is 16.8 Å². The Morgan fingerprint density at radius 1 is 1.32 bits per heavy atom. The van der Waals surface area contributed by atoms with Crippen LogP contribution in [-0.2, 0) is 13.0 Å². The number of aryl methyl sites for hydroxylation is 2. The lowest BCUT2D eigenvalue weighted by molar-refractivity contribution is 0.340. The lowest BCUT2D eigenvalue weighted by atomic mass is 10.2.